The van der Waals surface area contributed by atoms with Crippen LogP contribution in [0.1, 0.15) is 26.3 Å². The van der Waals surface area contributed by atoms with Crippen molar-refractivity contribution < 1.29 is 9.59 Å². The van der Waals surface area contributed by atoms with E-state index in [0.29, 0.717) is 11.1 Å². The van der Waals surface area contributed by atoms with Crippen LogP contribution in [0.5, 0.6) is 0 Å². The summed E-state index contributed by atoms with van der Waals surface area (Å²) in [5.41, 5.74) is 1.86. The fraction of sp³-hybridized carbons (Fsp3) is 0.385. The molecule has 1 aromatic rings. The van der Waals surface area contributed by atoms with E-state index in [0.717, 1.165) is 5.56 Å². The summed E-state index contributed by atoms with van der Waals surface area (Å²) in [5.74, 6) is -0.311. The third kappa shape index (κ3) is 2.84. The maximum absolute atomic E-state index is 12.0. The highest BCUT2D eigenvalue weighted by atomic mass is 16.2. The summed E-state index contributed by atoms with van der Waals surface area (Å²) in [6.07, 6.45) is 0. The van der Waals surface area contributed by atoms with Crippen LogP contribution in [-0.4, -0.2) is 49.8 Å². The minimum Gasteiger partial charge on any atom is -0.345 e. The summed E-state index contributed by atoms with van der Waals surface area (Å²) >= 11 is 0. The average Bonchev–Trinajstić information content (AvgIpc) is 2.26. The van der Waals surface area contributed by atoms with Crippen LogP contribution >= 0.6 is 0 Å². The molecule has 0 unspecified atom stereocenters. The lowest BCUT2D eigenvalue weighted by Crippen LogP contribution is -2.28. The Morgan fingerprint density at radius 3 is 1.82 bits per heavy atom. The molecule has 0 fully saturated rings. The number of benzene rings is 1. The van der Waals surface area contributed by atoms with Gasteiger partial charge in [0, 0.05) is 28.2 Å². The highest BCUT2D eigenvalue weighted by Crippen LogP contribution is 2.15. The van der Waals surface area contributed by atoms with Gasteiger partial charge in [-0.2, -0.15) is 0 Å². The maximum atomic E-state index is 12.0. The molecule has 0 heterocycles. The van der Waals surface area contributed by atoms with Crippen molar-refractivity contribution >= 4 is 11.8 Å². The lowest BCUT2D eigenvalue weighted by molar-refractivity contribution is 0.0790. The Morgan fingerprint density at radius 2 is 1.35 bits per heavy atom. The molecule has 2 amide bonds. The van der Waals surface area contributed by atoms with Crippen molar-refractivity contribution in [2.24, 2.45) is 0 Å². The van der Waals surface area contributed by atoms with Crippen LogP contribution in [0, 0.1) is 6.92 Å². The number of nitrogens with zero attached hydrogens (tertiary/aromatic N) is 2. The Morgan fingerprint density at radius 1 is 0.882 bits per heavy atom. The van der Waals surface area contributed by atoms with Gasteiger partial charge in [0.25, 0.3) is 11.8 Å². The molecular formula is C13H18N2O2. The Balaban J connectivity index is 3.31. The molecule has 0 atom stereocenters. The molecule has 4 nitrogen and oxygen atoms in total. The van der Waals surface area contributed by atoms with Crippen LogP contribution < -0.4 is 0 Å². The van der Waals surface area contributed by atoms with Crippen LogP contribution in [-0.2, 0) is 0 Å². The molecule has 92 valence electrons. The van der Waals surface area contributed by atoms with Gasteiger partial charge in [0.2, 0.25) is 0 Å². The molecule has 0 spiro atoms. The molecule has 1 aromatic carbocycles. The number of carbonyl (C=O) groups is 2. The number of amides is 2. The fourth-order valence-corrected chi connectivity index (χ4v) is 1.50. The van der Waals surface area contributed by atoms with Crippen LogP contribution in [0.3, 0.4) is 0 Å². The zero-order valence-corrected chi connectivity index (χ0v) is 10.9. The largest absolute Gasteiger partial charge is 0.345 e. The third-order valence-corrected chi connectivity index (χ3v) is 2.45. The number of carbonyl (C=O) groups excluding carboxylic acids is 2. The standard InChI is InChI=1S/C13H18N2O2/c1-9-6-7-10(12(16)14(2)3)11(8-9)13(17)15(4)5/h6-8H,1-5H3. The second-order valence-electron chi connectivity index (χ2n) is 4.45. The van der Waals surface area contributed by atoms with Gasteiger partial charge in [0.1, 0.15) is 0 Å². The van der Waals surface area contributed by atoms with Gasteiger partial charge in [-0.25, -0.2) is 0 Å². The van der Waals surface area contributed by atoms with Crippen molar-refractivity contribution in [1.29, 1.82) is 0 Å². The minimum absolute atomic E-state index is 0.154. The normalized spacial score (nSPS) is 9.94. The van der Waals surface area contributed by atoms with Gasteiger partial charge in [-0.05, 0) is 19.1 Å². The van der Waals surface area contributed by atoms with Crippen molar-refractivity contribution in [3.63, 3.8) is 0 Å². The molecule has 0 N–H and O–H groups in total. The van der Waals surface area contributed by atoms with Crippen molar-refractivity contribution in [1.82, 2.24) is 9.80 Å². The predicted octanol–water partition coefficient (Wildman–Crippen LogP) is 1.40. The number of rotatable bonds is 2. The molecule has 0 bridgehead atoms. The summed E-state index contributed by atoms with van der Waals surface area (Å²) in [7, 11) is 6.70. The van der Waals surface area contributed by atoms with Gasteiger partial charge in [-0.15, -0.1) is 0 Å². The van der Waals surface area contributed by atoms with Crippen LogP contribution in [0.25, 0.3) is 0 Å². The molecule has 0 saturated heterocycles. The highest BCUT2D eigenvalue weighted by Gasteiger charge is 2.19. The van der Waals surface area contributed by atoms with Crippen molar-refractivity contribution in [3.05, 3.63) is 34.9 Å². The molecular weight excluding hydrogens is 216 g/mol. The first-order valence-corrected chi connectivity index (χ1v) is 5.38. The Kier molecular flexibility index (Phi) is 3.89. The third-order valence-electron chi connectivity index (χ3n) is 2.45. The van der Waals surface area contributed by atoms with Crippen molar-refractivity contribution in [2.75, 3.05) is 28.2 Å². The van der Waals surface area contributed by atoms with Gasteiger partial charge >= 0.3 is 0 Å². The van der Waals surface area contributed by atoms with Crippen molar-refractivity contribution in [3.8, 4) is 0 Å². The summed E-state index contributed by atoms with van der Waals surface area (Å²) < 4.78 is 0. The topological polar surface area (TPSA) is 40.6 Å². The summed E-state index contributed by atoms with van der Waals surface area (Å²) in [5, 5.41) is 0. The zero-order valence-electron chi connectivity index (χ0n) is 10.9. The van der Waals surface area contributed by atoms with E-state index in [1.807, 2.05) is 13.0 Å². The molecule has 0 saturated carbocycles. The van der Waals surface area contributed by atoms with E-state index in [1.165, 1.54) is 9.80 Å². The van der Waals surface area contributed by atoms with Gasteiger partial charge in [0.05, 0.1) is 11.1 Å². The quantitative estimate of drug-likeness (QED) is 0.776. The fourth-order valence-electron chi connectivity index (χ4n) is 1.50. The van der Waals surface area contributed by atoms with Crippen LogP contribution in [0.4, 0.5) is 0 Å². The average molecular weight is 234 g/mol. The smallest absolute Gasteiger partial charge is 0.254 e. The van der Waals surface area contributed by atoms with Crippen molar-refractivity contribution in [2.45, 2.75) is 6.92 Å². The SMILES string of the molecule is Cc1ccc(C(=O)N(C)C)c(C(=O)N(C)C)c1. The Bertz CT molecular complexity index is 451. The van der Waals surface area contributed by atoms with E-state index in [1.54, 1.807) is 40.3 Å². The number of hydrogen-bond donors (Lipinski definition) is 0. The monoisotopic (exact) mass is 234 g/mol. The van der Waals surface area contributed by atoms with Crippen LogP contribution in [0.15, 0.2) is 18.2 Å². The first kappa shape index (κ1) is 13.2. The second kappa shape index (κ2) is 4.99. The number of hydrogen-bond acceptors (Lipinski definition) is 2. The Labute approximate surface area is 102 Å². The number of aryl methyl sites for hydroxylation is 1. The van der Waals surface area contributed by atoms with E-state index >= 15 is 0 Å². The van der Waals surface area contributed by atoms with Gasteiger partial charge < -0.3 is 9.80 Å². The molecule has 0 aromatic heterocycles. The second-order valence-corrected chi connectivity index (χ2v) is 4.45. The van der Waals surface area contributed by atoms with E-state index in [4.69, 9.17) is 0 Å². The molecule has 4 heteroatoms. The van der Waals surface area contributed by atoms with E-state index in [-0.39, 0.29) is 11.8 Å². The first-order valence-electron chi connectivity index (χ1n) is 5.38. The van der Waals surface area contributed by atoms with Gasteiger partial charge in [0.15, 0.2) is 0 Å². The Hall–Kier alpha value is -1.84. The lowest BCUT2D eigenvalue weighted by Gasteiger charge is -2.17. The summed E-state index contributed by atoms with van der Waals surface area (Å²) in [6.45, 7) is 1.90. The summed E-state index contributed by atoms with van der Waals surface area (Å²) in [6, 6.07) is 5.29. The van der Waals surface area contributed by atoms with Crippen LogP contribution in [0.2, 0.25) is 0 Å². The zero-order chi connectivity index (χ0) is 13.2. The van der Waals surface area contributed by atoms with Gasteiger partial charge in [-0.3, -0.25) is 9.59 Å². The van der Waals surface area contributed by atoms with E-state index < -0.39 is 0 Å². The maximum Gasteiger partial charge on any atom is 0.254 e. The minimum atomic E-state index is -0.157. The lowest BCUT2D eigenvalue weighted by atomic mass is 10.0. The molecule has 0 aliphatic heterocycles. The molecule has 0 aliphatic carbocycles. The van der Waals surface area contributed by atoms with E-state index in [9.17, 15) is 9.59 Å². The molecule has 0 radical (unpaired) electrons. The first-order chi connectivity index (χ1) is 7.84. The van der Waals surface area contributed by atoms with E-state index in [2.05, 4.69) is 0 Å². The van der Waals surface area contributed by atoms with Gasteiger partial charge in [-0.1, -0.05) is 11.6 Å². The highest BCUT2D eigenvalue weighted by molar-refractivity contribution is 6.07. The molecule has 1 rings (SSSR count). The summed E-state index contributed by atoms with van der Waals surface area (Å²) in [4.78, 5) is 26.9. The molecule has 17 heavy (non-hydrogen) atoms. The molecule has 0 aliphatic rings. The predicted molar refractivity (Wildman–Crippen MR) is 67.2 cm³/mol.